The highest BCUT2D eigenvalue weighted by atomic mass is 32.1. The zero-order valence-corrected chi connectivity index (χ0v) is 9.50. The Balaban J connectivity index is 2.23. The molecule has 1 aliphatic rings. The lowest BCUT2D eigenvalue weighted by atomic mass is 10.0. The molecular weight excluding hydrogens is 208 g/mol. The van der Waals surface area contributed by atoms with Crippen LogP contribution in [0.5, 0.6) is 0 Å². The molecule has 0 bridgehead atoms. The van der Waals surface area contributed by atoms with Gasteiger partial charge in [0.05, 0.1) is 17.4 Å². The molecule has 0 spiro atoms. The maximum absolute atomic E-state index is 5.85. The molecule has 2 aromatic rings. The maximum atomic E-state index is 5.85. The van der Waals surface area contributed by atoms with Crippen LogP contribution in [0, 0.1) is 0 Å². The SMILES string of the molecule is CN1CCc2nc3sccn3c2C1CN. The second-order valence-electron chi connectivity index (χ2n) is 3.98. The molecule has 0 saturated carbocycles. The number of fused-ring (bicyclic) bond motifs is 3. The summed E-state index contributed by atoms with van der Waals surface area (Å²) < 4.78 is 2.19. The smallest absolute Gasteiger partial charge is 0.194 e. The number of aromatic nitrogens is 2. The van der Waals surface area contributed by atoms with E-state index in [9.17, 15) is 0 Å². The van der Waals surface area contributed by atoms with E-state index in [2.05, 4.69) is 32.9 Å². The molecule has 0 amide bonds. The Bertz CT molecular complexity index is 487. The minimum atomic E-state index is 0.318. The molecule has 3 rings (SSSR count). The fourth-order valence-electron chi connectivity index (χ4n) is 2.32. The number of rotatable bonds is 1. The second-order valence-corrected chi connectivity index (χ2v) is 4.85. The first-order valence-corrected chi connectivity index (χ1v) is 6.04. The van der Waals surface area contributed by atoms with Crippen LogP contribution in [0.15, 0.2) is 11.6 Å². The topological polar surface area (TPSA) is 46.6 Å². The highest BCUT2D eigenvalue weighted by Gasteiger charge is 2.28. The van der Waals surface area contributed by atoms with Gasteiger partial charge in [-0.15, -0.1) is 11.3 Å². The third-order valence-electron chi connectivity index (χ3n) is 3.15. The van der Waals surface area contributed by atoms with E-state index in [-0.39, 0.29) is 0 Å². The van der Waals surface area contributed by atoms with Crippen LogP contribution in [0.4, 0.5) is 0 Å². The summed E-state index contributed by atoms with van der Waals surface area (Å²) in [4.78, 5) is 8.05. The largest absolute Gasteiger partial charge is 0.329 e. The van der Waals surface area contributed by atoms with Crippen LogP contribution in [0.2, 0.25) is 0 Å². The zero-order chi connectivity index (χ0) is 10.4. The predicted molar refractivity (Wildman–Crippen MR) is 61.2 cm³/mol. The first-order valence-electron chi connectivity index (χ1n) is 5.16. The fourth-order valence-corrected chi connectivity index (χ4v) is 3.06. The van der Waals surface area contributed by atoms with Crippen molar-refractivity contribution in [2.45, 2.75) is 12.5 Å². The number of nitrogens with two attached hydrogens (primary N) is 1. The molecule has 1 aliphatic heterocycles. The van der Waals surface area contributed by atoms with Crippen molar-refractivity contribution in [1.29, 1.82) is 0 Å². The predicted octanol–water partition coefficient (Wildman–Crippen LogP) is 0.883. The number of likely N-dealkylation sites (N-methyl/N-ethyl adjacent to an activating group) is 1. The van der Waals surface area contributed by atoms with Gasteiger partial charge in [-0.3, -0.25) is 9.30 Å². The molecule has 15 heavy (non-hydrogen) atoms. The van der Waals surface area contributed by atoms with Crippen molar-refractivity contribution in [3.05, 3.63) is 23.0 Å². The lowest BCUT2D eigenvalue weighted by Gasteiger charge is -2.31. The van der Waals surface area contributed by atoms with Crippen molar-refractivity contribution in [3.8, 4) is 0 Å². The molecule has 1 unspecified atom stereocenters. The van der Waals surface area contributed by atoms with Gasteiger partial charge in [-0.2, -0.15) is 0 Å². The van der Waals surface area contributed by atoms with Crippen molar-refractivity contribution in [1.82, 2.24) is 14.3 Å². The molecule has 2 N–H and O–H groups in total. The van der Waals surface area contributed by atoms with Crippen molar-refractivity contribution in [3.63, 3.8) is 0 Å². The second kappa shape index (κ2) is 3.30. The molecule has 0 aromatic carbocycles. The third-order valence-corrected chi connectivity index (χ3v) is 3.90. The van der Waals surface area contributed by atoms with Crippen molar-refractivity contribution in [2.24, 2.45) is 5.73 Å². The average Bonchev–Trinajstić information content (AvgIpc) is 2.78. The maximum Gasteiger partial charge on any atom is 0.194 e. The van der Waals surface area contributed by atoms with Gasteiger partial charge >= 0.3 is 0 Å². The highest BCUT2D eigenvalue weighted by Crippen LogP contribution is 2.29. The van der Waals surface area contributed by atoms with E-state index < -0.39 is 0 Å². The van der Waals surface area contributed by atoms with Gasteiger partial charge in [0.15, 0.2) is 4.96 Å². The van der Waals surface area contributed by atoms with Gasteiger partial charge in [-0.25, -0.2) is 4.98 Å². The summed E-state index contributed by atoms with van der Waals surface area (Å²) in [7, 11) is 2.13. The summed E-state index contributed by atoms with van der Waals surface area (Å²) in [5, 5.41) is 2.07. The molecule has 0 aliphatic carbocycles. The Labute approximate surface area is 92.3 Å². The molecule has 0 radical (unpaired) electrons. The molecule has 3 heterocycles. The monoisotopic (exact) mass is 222 g/mol. The van der Waals surface area contributed by atoms with E-state index in [1.54, 1.807) is 11.3 Å². The minimum absolute atomic E-state index is 0.318. The first kappa shape index (κ1) is 9.33. The summed E-state index contributed by atoms with van der Waals surface area (Å²) in [6, 6.07) is 0.318. The van der Waals surface area contributed by atoms with Crippen LogP contribution in [0.1, 0.15) is 17.4 Å². The summed E-state index contributed by atoms with van der Waals surface area (Å²) in [6.45, 7) is 1.72. The molecule has 80 valence electrons. The number of imidazole rings is 1. The van der Waals surface area contributed by atoms with E-state index >= 15 is 0 Å². The lowest BCUT2D eigenvalue weighted by Crippen LogP contribution is -2.37. The van der Waals surface area contributed by atoms with Crippen LogP contribution in [0.3, 0.4) is 0 Å². The average molecular weight is 222 g/mol. The fraction of sp³-hybridized carbons (Fsp3) is 0.500. The Morgan fingerprint density at radius 2 is 2.53 bits per heavy atom. The number of nitrogens with zero attached hydrogens (tertiary/aromatic N) is 3. The third kappa shape index (κ3) is 1.24. The minimum Gasteiger partial charge on any atom is -0.329 e. The van der Waals surface area contributed by atoms with E-state index in [1.807, 2.05) is 0 Å². The van der Waals surface area contributed by atoms with Crippen LogP contribution in [-0.4, -0.2) is 34.4 Å². The molecule has 0 saturated heterocycles. The van der Waals surface area contributed by atoms with Crippen LogP contribution >= 0.6 is 11.3 Å². The van der Waals surface area contributed by atoms with Gasteiger partial charge in [-0.1, -0.05) is 0 Å². The molecule has 4 nitrogen and oxygen atoms in total. The van der Waals surface area contributed by atoms with E-state index in [1.165, 1.54) is 11.4 Å². The number of hydrogen-bond acceptors (Lipinski definition) is 4. The van der Waals surface area contributed by atoms with Crippen LogP contribution in [0.25, 0.3) is 4.96 Å². The summed E-state index contributed by atoms with van der Waals surface area (Å²) >= 11 is 1.69. The lowest BCUT2D eigenvalue weighted by molar-refractivity contribution is 0.229. The molecule has 1 atom stereocenters. The molecule has 0 fully saturated rings. The Hall–Kier alpha value is -0.910. The highest BCUT2D eigenvalue weighted by molar-refractivity contribution is 7.15. The summed E-state index contributed by atoms with van der Waals surface area (Å²) in [5.74, 6) is 0. The van der Waals surface area contributed by atoms with Crippen molar-refractivity contribution < 1.29 is 0 Å². The standard InChI is InChI=1S/C10H14N4S/c1-13-3-2-7-9(8(13)6-11)14-4-5-15-10(14)12-7/h4-5,8H,2-3,6,11H2,1H3. The Kier molecular flexibility index (Phi) is 2.05. The quantitative estimate of drug-likeness (QED) is 0.779. The van der Waals surface area contributed by atoms with Gasteiger partial charge in [0.25, 0.3) is 0 Å². The van der Waals surface area contributed by atoms with Crippen molar-refractivity contribution in [2.75, 3.05) is 20.1 Å². The van der Waals surface area contributed by atoms with Gasteiger partial charge in [0, 0.05) is 31.1 Å². The summed E-state index contributed by atoms with van der Waals surface area (Å²) in [6.07, 6.45) is 3.13. The van der Waals surface area contributed by atoms with E-state index in [4.69, 9.17) is 5.73 Å². The summed E-state index contributed by atoms with van der Waals surface area (Å²) in [5.41, 5.74) is 8.37. The Morgan fingerprint density at radius 3 is 3.33 bits per heavy atom. The van der Waals surface area contributed by atoms with E-state index in [0.29, 0.717) is 12.6 Å². The van der Waals surface area contributed by atoms with Gasteiger partial charge in [0.2, 0.25) is 0 Å². The molecular formula is C10H14N4S. The Morgan fingerprint density at radius 1 is 1.67 bits per heavy atom. The van der Waals surface area contributed by atoms with Crippen molar-refractivity contribution >= 4 is 16.3 Å². The normalized spacial score (nSPS) is 22.1. The van der Waals surface area contributed by atoms with E-state index in [0.717, 1.165) is 17.9 Å². The van der Waals surface area contributed by atoms with Crippen LogP contribution in [-0.2, 0) is 6.42 Å². The first-order chi connectivity index (χ1) is 7.31. The van der Waals surface area contributed by atoms with Gasteiger partial charge in [0.1, 0.15) is 0 Å². The molecule has 5 heteroatoms. The molecule has 2 aromatic heterocycles. The van der Waals surface area contributed by atoms with Crippen LogP contribution < -0.4 is 5.73 Å². The number of hydrogen-bond donors (Lipinski definition) is 1. The van der Waals surface area contributed by atoms with Gasteiger partial charge in [-0.05, 0) is 7.05 Å². The zero-order valence-electron chi connectivity index (χ0n) is 8.68. The number of thiazole rings is 1. The van der Waals surface area contributed by atoms with Gasteiger partial charge < -0.3 is 5.73 Å².